The molecule has 2 N–H and O–H groups in total. The van der Waals surface area contributed by atoms with Crippen LogP contribution in [-0.2, 0) is 13.6 Å². The summed E-state index contributed by atoms with van der Waals surface area (Å²) in [6, 6.07) is 10.2. The smallest absolute Gasteiger partial charge is 0.106 e. The van der Waals surface area contributed by atoms with Crippen molar-refractivity contribution in [2.75, 3.05) is 0 Å². The number of hydrogen-bond donors (Lipinski definition) is 1. The highest BCUT2D eigenvalue weighted by Crippen LogP contribution is 2.23. The third-order valence-electron chi connectivity index (χ3n) is 2.63. The molecular formula is C12H15N3. The van der Waals surface area contributed by atoms with Crippen molar-refractivity contribution in [3.63, 3.8) is 0 Å². The van der Waals surface area contributed by atoms with Crippen LogP contribution in [0.3, 0.4) is 0 Å². The van der Waals surface area contributed by atoms with Gasteiger partial charge in [0.1, 0.15) is 5.82 Å². The molecule has 3 heteroatoms. The molecule has 0 spiro atoms. The fourth-order valence-corrected chi connectivity index (χ4v) is 1.78. The molecule has 0 saturated heterocycles. The van der Waals surface area contributed by atoms with E-state index in [2.05, 4.69) is 21.7 Å². The van der Waals surface area contributed by atoms with Gasteiger partial charge in [-0.25, -0.2) is 4.98 Å². The Morgan fingerprint density at radius 1 is 1.27 bits per heavy atom. The summed E-state index contributed by atoms with van der Waals surface area (Å²) in [6.07, 6.45) is 0. The summed E-state index contributed by atoms with van der Waals surface area (Å²) in [4.78, 5) is 4.44. The Balaban J connectivity index is 2.61. The molecule has 0 amide bonds. The molecule has 2 rings (SSSR count). The van der Waals surface area contributed by atoms with E-state index in [4.69, 9.17) is 5.73 Å². The minimum absolute atomic E-state index is 0.478. The van der Waals surface area contributed by atoms with E-state index in [0.717, 1.165) is 17.2 Å². The molecule has 0 unspecified atom stereocenters. The van der Waals surface area contributed by atoms with Crippen LogP contribution in [0, 0.1) is 6.92 Å². The zero-order valence-corrected chi connectivity index (χ0v) is 9.07. The van der Waals surface area contributed by atoms with E-state index in [1.54, 1.807) is 0 Å². The fraction of sp³-hybridized carbons (Fsp3) is 0.250. The van der Waals surface area contributed by atoms with Gasteiger partial charge in [-0.2, -0.15) is 0 Å². The summed E-state index contributed by atoms with van der Waals surface area (Å²) in [5, 5.41) is 0. The lowest BCUT2D eigenvalue weighted by molar-refractivity contribution is 0.865. The third kappa shape index (κ3) is 1.66. The SMILES string of the molecule is Cc1nc(CN)c(-c2ccccc2)n1C. The second-order valence-corrected chi connectivity index (χ2v) is 3.58. The molecule has 0 fully saturated rings. The van der Waals surface area contributed by atoms with Crippen LogP contribution >= 0.6 is 0 Å². The summed E-state index contributed by atoms with van der Waals surface area (Å²) >= 11 is 0. The number of benzene rings is 1. The normalized spacial score (nSPS) is 10.6. The standard InChI is InChI=1S/C12H15N3/c1-9-14-11(8-13)12(15(9)2)10-6-4-3-5-7-10/h3-7H,8,13H2,1-2H3. The van der Waals surface area contributed by atoms with Gasteiger partial charge in [-0.1, -0.05) is 30.3 Å². The van der Waals surface area contributed by atoms with E-state index in [1.165, 1.54) is 5.56 Å². The van der Waals surface area contributed by atoms with Gasteiger partial charge in [0.25, 0.3) is 0 Å². The van der Waals surface area contributed by atoms with Crippen molar-refractivity contribution < 1.29 is 0 Å². The Labute approximate surface area is 89.6 Å². The van der Waals surface area contributed by atoms with Crippen LogP contribution in [0.15, 0.2) is 30.3 Å². The van der Waals surface area contributed by atoms with Crippen molar-refractivity contribution in [2.45, 2.75) is 13.5 Å². The average Bonchev–Trinajstić information content (AvgIpc) is 2.56. The number of rotatable bonds is 2. The molecule has 78 valence electrons. The minimum Gasteiger partial charge on any atom is -0.331 e. The second-order valence-electron chi connectivity index (χ2n) is 3.58. The minimum atomic E-state index is 0.478. The zero-order chi connectivity index (χ0) is 10.8. The zero-order valence-electron chi connectivity index (χ0n) is 9.07. The second kappa shape index (κ2) is 3.87. The first-order valence-corrected chi connectivity index (χ1v) is 5.01. The molecule has 2 aromatic rings. The van der Waals surface area contributed by atoms with Crippen LogP contribution in [-0.4, -0.2) is 9.55 Å². The molecule has 1 heterocycles. The predicted molar refractivity (Wildman–Crippen MR) is 61.3 cm³/mol. The van der Waals surface area contributed by atoms with E-state index in [1.807, 2.05) is 32.2 Å². The van der Waals surface area contributed by atoms with Gasteiger partial charge in [0.2, 0.25) is 0 Å². The maximum absolute atomic E-state index is 5.69. The van der Waals surface area contributed by atoms with E-state index >= 15 is 0 Å². The molecular weight excluding hydrogens is 186 g/mol. The molecule has 0 bridgehead atoms. The van der Waals surface area contributed by atoms with Gasteiger partial charge in [-0.05, 0) is 6.92 Å². The van der Waals surface area contributed by atoms with Crippen LogP contribution in [0.1, 0.15) is 11.5 Å². The highest BCUT2D eigenvalue weighted by molar-refractivity contribution is 5.62. The Bertz CT molecular complexity index is 457. The van der Waals surface area contributed by atoms with Crippen LogP contribution in [0.2, 0.25) is 0 Å². The van der Waals surface area contributed by atoms with Gasteiger partial charge in [0.15, 0.2) is 0 Å². The van der Waals surface area contributed by atoms with Crippen molar-refractivity contribution in [1.82, 2.24) is 9.55 Å². The van der Waals surface area contributed by atoms with Crippen molar-refractivity contribution in [2.24, 2.45) is 12.8 Å². The molecule has 15 heavy (non-hydrogen) atoms. The van der Waals surface area contributed by atoms with E-state index in [0.29, 0.717) is 6.54 Å². The summed E-state index contributed by atoms with van der Waals surface area (Å²) in [7, 11) is 2.02. The Kier molecular flexibility index (Phi) is 2.56. The number of imidazole rings is 1. The van der Waals surface area contributed by atoms with Gasteiger partial charge in [-0.15, -0.1) is 0 Å². The van der Waals surface area contributed by atoms with Crippen molar-refractivity contribution in [3.8, 4) is 11.3 Å². The maximum Gasteiger partial charge on any atom is 0.106 e. The Morgan fingerprint density at radius 2 is 1.93 bits per heavy atom. The maximum atomic E-state index is 5.69. The number of nitrogens with zero attached hydrogens (tertiary/aromatic N) is 2. The number of aromatic nitrogens is 2. The average molecular weight is 201 g/mol. The summed E-state index contributed by atoms with van der Waals surface area (Å²) < 4.78 is 2.08. The van der Waals surface area contributed by atoms with E-state index in [9.17, 15) is 0 Å². The molecule has 1 aromatic heterocycles. The van der Waals surface area contributed by atoms with Gasteiger partial charge in [0.05, 0.1) is 11.4 Å². The third-order valence-corrected chi connectivity index (χ3v) is 2.63. The highest BCUT2D eigenvalue weighted by Gasteiger charge is 2.11. The quantitative estimate of drug-likeness (QED) is 0.806. The van der Waals surface area contributed by atoms with Crippen LogP contribution in [0.4, 0.5) is 0 Å². The summed E-state index contributed by atoms with van der Waals surface area (Å²) in [6.45, 7) is 2.47. The molecule has 0 aliphatic heterocycles. The molecule has 0 aliphatic carbocycles. The lowest BCUT2D eigenvalue weighted by Crippen LogP contribution is -2.00. The van der Waals surface area contributed by atoms with Gasteiger partial charge < -0.3 is 10.3 Å². The van der Waals surface area contributed by atoms with Gasteiger partial charge in [-0.3, -0.25) is 0 Å². The van der Waals surface area contributed by atoms with Crippen LogP contribution < -0.4 is 5.73 Å². The van der Waals surface area contributed by atoms with Gasteiger partial charge in [0, 0.05) is 19.2 Å². The molecule has 0 aliphatic rings. The summed E-state index contributed by atoms with van der Waals surface area (Å²) in [5.74, 6) is 0.995. The van der Waals surface area contributed by atoms with Gasteiger partial charge >= 0.3 is 0 Å². The van der Waals surface area contributed by atoms with Crippen LogP contribution in [0.5, 0.6) is 0 Å². The lowest BCUT2D eigenvalue weighted by atomic mass is 10.1. The lowest BCUT2D eigenvalue weighted by Gasteiger charge is -2.05. The number of aryl methyl sites for hydroxylation is 1. The fourth-order valence-electron chi connectivity index (χ4n) is 1.78. The van der Waals surface area contributed by atoms with Crippen molar-refractivity contribution in [3.05, 3.63) is 41.9 Å². The van der Waals surface area contributed by atoms with Crippen LogP contribution in [0.25, 0.3) is 11.3 Å². The molecule has 3 nitrogen and oxygen atoms in total. The largest absolute Gasteiger partial charge is 0.331 e. The molecule has 0 atom stereocenters. The van der Waals surface area contributed by atoms with E-state index < -0.39 is 0 Å². The number of hydrogen-bond acceptors (Lipinski definition) is 2. The Hall–Kier alpha value is -1.61. The first-order chi connectivity index (χ1) is 7.24. The molecule has 0 radical (unpaired) electrons. The van der Waals surface area contributed by atoms with E-state index in [-0.39, 0.29) is 0 Å². The first kappa shape index (κ1) is 9.93. The molecule has 0 saturated carbocycles. The highest BCUT2D eigenvalue weighted by atomic mass is 15.1. The first-order valence-electron chi connectivity index (χ1n) is 5.01. The van der Waals surface area contributed by atoms with Crippen molar-refractivity contribution in [1.29, 1.82) is 0 Å². The predicted octanol–water partition coefficient (Wildman–Crippen LogP) is 1.85. The number of nitrogens with two attached hydrogens (primary N) is 1. The van der Waals surface area contributed by atoms with Crippen molar-refractivity contribution >= 4 is 0 Å². The summed E-state index contributed by atoms with van der Waals surface area (Å²) in [5.41, 5.74) is 8.94. The Morgan fingerprint density at radius 3 is 2.53 bits per heavy atom. The topological polar surface area (TPSA) is 43.8 Å². The monoisotopic (exact) mass is 201 g/mol. The molecule has 1 aromatic carbocycles.